The second-order valence-corrected chi connectivity index (χ2v) is 29.9. The van der Waals surface area contributed by atoms with Crippen LogP contribution in [0.5, 0.6) is 11.5 Å². The molecular weight excluding hydrogens is 1180 g/mol. The molecule has 0 bridgehead atoms. The Hall–Kier alpha value is -5.73. The third kappa shape index (κ3) is 22.9. The minimum absolute atomic E-state index is 0.0522. The number of amides is 2. The van der Waals surface area contributed by atoms with Crippen LogP contribution in [0, 0.1) is 16.7 Å². The van der Waals surface area contributed by atoms with Gasteiger partial charge in [-0.3, -0.25) is 0 Å². The van der Waals surface area contributed by atoms with Gasteiger partial charge in [0.1, 0.15) is 29.0 Å². The second kappa shape index (κ2) is 32.5. The highest BCUT2D eigenvalue weighted by atomic mass is 32.2. The van der Waals surface area contributed by atoms with Crippen molar-refractivity contribution >= 4 is 38.0 Å². The third-order valence-corrected chi connectivity index (χ3v) is 19.6. The molecule has 6 unspecified atom stereocenters. The number of carbonyl (C=O) groups is 3. The fourth-order valence-electron chi connectivity index (χ4n) is 11.1. The lowest BCUT2D eigenvalue weighted by Gasteiger charge is -2.35. The molecule has 494 valence electrons. The van der Waals surface area contributed by atoms with Gasteiger partial charge < -0.3 is 63.5 Å². The van der Waals surface area contributed by atoms with E-state index in [0.717, 1.165) is 24.0 Å². The van der Waals surface area contributed by atoms with Crippen LogP contribution in [-0.2, 0) is 66.1 Å². The Bertz CT molecular complexity index is 3070. The average molecular weight is 1280 g/mol. The maximum atomic E-state index is 14.1. The summed E-state index contributed by atoms with van der Waals surface area (Å²) < 4.78 is 103. The first kappa shape index (κ1) is 72.3. The summed E-state index contributed by atoms with van der Waals surface area (Å²) in [5.74, 6) is 0.442. The van der Waals surface area contributed by atoms with E-state index in [4.69, 9.17) is 37.9 Å². The summed E-state index contributed by atoms with van der Waals surface area (Å²) in [5.41, 5.74) is 0.0121. The van der Waals surface area contributed by atoms with Crippen LogP contribution in [0.2, 0.25) is 0 Å². The van der Waals surface area contributed by atoms with Crippen LogP contribution in [0.25, 0.3) is 0 Å². The standard InChI is InChI=1S/C33H46N2O9S.C33H50N2O8S/c1-23(36)9-8-17-33(2,3)22-35(45(39,40)26-14-12-25(41-4)13-15-26)20-29(37)28(19-24-10-6-5-7-11-24)34-32(38)44-30-21-43-31-27(30)16-18-42-31;1-31(2,3)43-30(37)34-28(22-25-12-9-8-10-13-25)29(36)23-35(44(38,39)27-16-14-26(40-7)15-17-27)24-32(4,5)18-11-19-33(6)41-20-21-42-33/h5-7,10-15,27-31,37H,8-9,16-22H2,1-4H3,(H,34,38);8-10,12-17,28-29,36H,11,18-24H2,1-7H3,(H,34,37)/t;28-,29?/m.0/s1. The van der Waals surface area contributed by atoms with Crippen molar-refractivity contribution in [2.75, 3.05) is 66.8 Å². The number of hydrogen-bond acceptors (Lipinski definition) is 17. The van der Waals surface area contributed by atoms with E-state index in [0.29, 0.717) is 63.4 Å². The second-order valence-electron chi connectivity index (χ2n) is 26.0. The predicted octanol–water partition coefficient (Wildman–Crippen LogP) is 9.07. The Morgan fingerprint density at radius 2 is 1.09 bits per heavy atom. The Labute approximate surface area is 527 Å². The quantitative estimate of drug-likeness (QED) is 0.0366. The number of ether oxygens (including phenoxy) is 8. The monoisotopic (exact) mass is 1280 g/mol. The number of methoxy groups -OCH3 is 2. The topological polar surface area (TPSA) is 264 Å². The summed E-state index contributed by atoms with van der Waals surface area (Å²) in [6, 6.07) is 29.3. The van der Waals surface area contributed by atoms with E-state index in [2.05, 4.69) is 10.6 Å². The summed E-state index contributed by atoms with van der Waals surface area (Å²) in [5, 5.41) is 28.9. The van der Waals surface area contributed by atoms with Crippen molar-refractivity contribution in [2.24, 2.45) is 16.7 Å². The molecule has 4 aromatic rings. The molecule has 0 aliphatic carbocycles. The molecule has 21 nitrogen and oxygen atoms in total. The van der Waals surface area contributed by atoms with Gasteiger partial charge in [0.15, 0.2) is 12.1 Å². The average Bonchev–Trinajstić information content (AvgIpc) is 2.56. The van der Waals surface area contributed by atoms with E-state index in [9.17, 15) is 41.4 Å². The number of aliphatic hydroxyl groups excluding tert-OH is 2. The van der Waals surface area contributed by atoms with Gasteiger partial charge in [-0.2, -0.15) is 8.61 Å². The fourth-order valence-corrected chi connectivity index (χ4v) is 14.4. The SMILES string of the molecule is COc1ccc(S(=O)(=O)N(CC(O)C(Cc2ccccc2)NC(=O)OC2COC3OCCC23)CC(C)(C)CCCC(C)=O)cc1.COc1ccc(S(=O)(=O)N(CC(O)[C@H](Cc2ccccc2)NC(=O)OC(C)(C)C)CC(C)(C)CCCC2(C)OCCO2)cc1. The van der Waals surface area contributed by atoms with Crippen molar-refractivity contribution in [3.8, 4) is 11.5 Å². The molecule has 3 aliphatic rings. The van der Waals surface area contributed by atoms with E-state index in [-0.39, 0.29) is 73.4 Å². The first-order valence-corrected chi connectivity index (χ1v) is 33.5. The Kier molecular flexibility index (Phi) is 26.4. The molecule has 0 radical (unpaired) electrons. The van der Waals surface area contributed by atoms with Crippen LogP contribution in [0.15, 0.2) is 119 Å². The van der Waals surface area contributed by atoms with Gasteiger partial charge in [-0.1, -0.05) is 88.4 Å². The highest BCUT2D eigenvalue weighted by Gasteiger charge is 2.45. The number of hydrogen-bond donors (Lipinski definition) is 4. The molecule has 89 heavy (non-hydrogen) atoms. The van der Waals surface area contributed by atoms with E-state index in [1.165, 1.54) is 54.0 Å². The van der Waals surface area contributed by atoms with E-state index < -0.39 is 84.8 Å². The summed E-state index contributed by atoms with van der Waals surface area (Å²) >= 11 is 0. The van der Waals surface area contributed by atoms with Crippen LogP contribution >= 0.6 is 0 Å². The number of fused-ring (bicyclic) bond motifs is 1. The Morgan fingerprint density at radius 1 is 0.640 bits per heavy atom. The van der Waals surface area contributed by atoms with Crippen LogP contribution in [0.4, 0.5) is 9.59 Å². The smallest absolute Gasteiger partial charge is 0.407 e. The number of carbonyl (C=O) groups excluding carboxylic acids is 3. The number of aliphatic hydroxyl groups is 2. The molecule has 3 aliphatic heterocycles. The van der Waals surface area contributed by atoms with Gasteiger partial charge in [0, 0.05) is 39.0 Å². The number of sulfonamides is 2. The number of ketones is 1. The number of rotatable bonds is 31. The maximum absolute atomic E-state index is 14.1. The largest absolute Gasteiger partial charge is 0.497 e. The molecule has 3 fully saturated rings. The molecule has 0 spiro atoms. The number of alkyl carbamates (subject to hydrolysis) is 2. The first-order valence-electron chi connectivity index (χ1n) is 30.6. The lowest BCUT2D eigenvalue weighted by molar-refractivity contribution is -0.148. The minimum Gasteiger partial charge on any atom is -0.497 e. The highest BCUT2D eigenvalue weighted by Crippen LogP contribution is 2.35. The van der Waals surface area contributed by atoms with Crippen LogP contribution in [-0.4, -0.2) is 169 Å². The van der Waals surface area contributed by atoms with Crippen molar-refractivity contribution < 1.29 is 79.3 Å². The zero-order valence-electron chi connectivity index (χ0n) is 53.7. The molecule has 3 heterocycles. The third-order valence-electron chi connectivity index (χ3n) is 15.9. The number of nitrogens with zero attached hydrogens (tertiary/aromatic N) is 2. The molecule has 7 rings (SSSR count). The van der Waals surface area contributed by atoms with E-state index in [1.807, 2.05) is 95.3 Å². The van der Waals surface area contributed by atoms with Crippen molar-refractivity contribution in [3.63, 3.8) is 0 Å². The fraction of sp³-hybridized carbons (Fsp3) is 0.591. The Balaban J connectivity index is 0.000000284. The van der Waals surface area contributed by atoms with Crippen LogP contribution < -0.4 is 20.1 Å². The van der Waals surface area contributed by atoms with Crippen LogP contribution in [0.1, 0.15) is 118 Å². The lowest BCUT2D eigenvalue weighted by atomic mass is 9.86. The van der Waals surface area contributed by atoms with Crippen molar-refractivity contribution in [1.82, 2.24) is 19.2 Å². The summed E-state index contributed by atoms with van der Waals surface area (Å²) in [6.45, 7) is 18.2. The predicted molar refractivity (Wildman–Crippen MR) is 336 cm³/mol. The van der Waals surface area contributed by atoms with Crippen LogP contribution in [0.3, 0.4) is 0 Å². The van der Waals surface area contributed by atoms with Crippen molar-refractivity contribution in [2.45, 2.75) is 178 Å². The van der Waals surface area contributed by atoms with Gasteiger partial charge in [0.25, 0.3) is 0 Å². The first-order chi connectivity index (χ1) is 41.9. The molecule has 23 heteroatoms. The maximum Gasteiger partial charge on any atom is 0.407 e. The zero-order valence-corrected chi connectivity index (χ0v) is 55.3. The molecule has 4 N–H and O–H groups in total. The summed E-state index contributed by atoms with van der Waals surface area (Å²) in [7, 11) is -5.11. The number of benzene rings is 4. The van der Waals surface area contributed by atoms with Gasteiger partial charge >= 0.3 is 12.2 Å². The summed E-state index contributed by atoms with van der Waals surface area (Å²) in [4.78, 5) is 37.6. The van der Waals surface area contributed by atoms with Gasteiger partial charge in [-0.15, -0.1) is 0 Å². The van der Waals surface area contributed by atoms with E-state index in [1.54, 1.807) is 45.0 Å². The lowest BCUT2D eigenvalue weighted by Crippen LogP contribution is -2.52. The highest BCUT2D eigenvalue weighted by molar-refractivity contribution is 7.89. The van der Waals surface area contributed by atoms with E-state index >= 15 is 0 Å². The molecule has 2 amide bonds. The number of Topliss-reactive ketones (excluding diaryl/α,β-unsaturated/α-hetero) is 1. The molecular formula is C66H96N4O17S2. The number of nitrogens with one attached hydrogen (secondary N) is 2. The van der Waals surface area contributed by atoms with Gasteiger partial charge in [0.05, 0.1) is 80.6 Å². The van der Waals surface area contributed by atoms with Gasteiger partial charge in [-0.05, 0) is 150 Å². The molecule has 0 saturated carbocycles. The van der Waals surface area contributed by atoms with Gasteiger partial charge in [0.2, 0.25) is 20.0 Å². The Morgan fingerprint density at radius 3 is 1.53 bits per heavy atom. The van der Waals surface area contributed by atoms with Gasteiger partial charge in [-0.25, -0.2) is 26.4 Å². The van der Waals surface area contributed by atoms with Crippen molar-refractivity contribution in [1.29, 1.82) is 0 Å². The van der Waals surface area contributed by atoms with Crippen molar-refractivity contribution in [3.05, 3.63) is 120 Å². The molecule has 3 saturated heterocycles. The summed E-state index contributed by atoms with van der Waals surface area (Å²) in [6.07, 6.45) is 0.204. The molecule has 0 aromatic heterocycles. The normalized spacial score (nSPS) is 19.1. The molecule has 4 aromatic carbocycles. The molecule has 7 atom stereocenters. The zero-order chi connectivity index (χ0) is 65.2. The minimum atomic E-state index is -4.08.